The van der Waals surface area contributed by atoms with Gasteiger partial charge in [-0.15, -0.1) is 12.4 Å². The maximum absolute atomic E-state index is 13.3. The summed E-state index contributed by atoms with van der Waals surface area (Å²) < 4.78 is 13.2. The highest BCUT2D eigenvalue weighted by molar-refractivity contribution is 5.94. The van der Waals surface area contributed by atoms with Crippen molar-refractivity contribution < 1.29 is 19.4 Å². The van der Waals surface area contributed by atoms with Crippen LogP contribution >= 0.6 is 12.4 Å². The van der Waals surface area contributed by atoms with Gasteiger partial charge in [-0.2, -0.15) is 4.98 Å². The minimum atomic E-state index is -1.18. The van der Waals surface area contributed by atoms with Gasteiger partial charge in [0.25, 0.3) is 0 Å². The molecule has 0 spiro atoms. The number of nitrogens with zero attached hydrogens (tertiary/aromatic N) is 3. The summed E-state index contributed by atoms with van der Waals surface area (Å²) in [6, 6.07) is 9.01. The van der Waals surface area contributed by atoms with Crippen LogP contribution in [0.4, 0.5) is 11.8 Å². The molecule has 0 amide bonds. The predicted molar refractivity (Wildman–Crippen MR) is 168 cm³/mol. The molecule has 0 unspecified atom stereocenters. The third-order valence-corrected chi connectivity index (χ3v) is 7.41. The lowest BCUT2D eigenvalue weighted by atomic mass is 10.0. The number of hydrogen-bond donors (Lipinski definition) is 3. The molecule has 5 N–H and O–H groups in total. The molecular formula is C32H34ClN5O5. The molecule has 0 saturated heterocycles. The molecule has 4 aromatic rings. The summed E-state index contributed by atoms with van der Waals surface area (Å²) in [7, 11) is 3.11. The Bertz CT molecular complexity index is 1820. The topological polar surface area (TPSA) is 156 Å². The molecule has 1 saturated carbocycles. The zero-order valence-electron chi connectivity index (χ0n) is 24.3. The number of hydrogen-bond acceptors (Lipinski definition) is 8. The van der Waals surface area contributed by atoms with E-state index in [9.17, 15) is 14.7 Å². The summed E-state index contributed by atoms with van der Waals surface area (Å²) in [5.41, 5.74) is 15.2. The Labute approximate surface area is 255 Å². The van der Waals surface area contributed by atoms with Gasteiger partial charge in [0.1, 0.15) is 11.4 Å². The number of benzene rings is 2. The second-order valence-corrected chi connectivity index (χ2v) is 10.4. The number of nitrogens with two attached hydrogens (primary N) is 2. The molecule has 0 bridgehead atoms. The molecule has 2 heterocycles. The summed E-state index contributed by atoms with van der Waals surface area (Å²) >= 11 is 0. The maximum atomic E-state index is 13.3. The standard InChI is InChI=1S/C32H33N5O5.ClH/c1-4-11-37-24-14-19(8-10-23(24)28(38)27(31(39)40)25(37)15-18-5-6-18)7-9-21-12-20(16-26(41-2)29(21)42-3)13-22-17-35-32(34)36-30(22)33;/h8,10,12,14,16-18H,4-6,11,13,15H2,1-3H3,(H,39,40)(H4,33,34,35,36);1H. The highest BCUT2D eigenvalue weighted by Crippen LogP contribution is 2.35. The Morgan fingerprint density at radius 3 is 2.53 bits per heavy atom. The number of aryl methyl sites for hydroxylation is 1. The molecular weight excluding hydrogens is 570 g/mol. The zero-order chi connectivity index (χ0) is 30.0. The van der Waals surface area contributed by atoms with Crippen molar-refractivity contribution >= 4 is 41.0 Å². The number of nitrogen functional groups attached to an aromatic ring is 2. The molecule has 0 aliphatic heterocycles. The summed E-state index contributed by atoms with van der Waals surface area (Å²) in [5, 5.41) is 10.3. The third-order valence-electron chi connectivity index (χ3n) is 7.41. The first-order valence-corrected chi connectivity index (χ1v) is 13.8. The predicted octanol–water partition coefficient (Wildman–Crippen LogP) is 4.45. The minimum absolute atomic E-state index is 0. The van der Waals surface area contributed by atoms with Crippen molar-refractivity contribution in [1.82, 2.24) is 14.5 Å². The fraction of sp³-hybridized carbons (Fsp3) is 0.312. The van der Waals surface area contributed by atoms with Gasteiger partial charge in [-0.25, -0.2) is 9.78 Å². The van der Waals surface area contributed by atoms with Gasteiger partial charge >= 0.3 is 5.97 Å². The number of carboxylic acids is 1. The van der Waals surface area contributed by atoms with Crippen LogP contribution in [0.5, 0.6) is 11.5 Å². The van der Waals surface area contributed by atoms with Crippen molar-refractivity contribution in [3.05, 3.63) is 80.3 Å². The van der Waals surface area contributed by atoms with Crippen LogP contribution in [0.15, 0.2) is 41.3 Å². The van der Waals surface area contributed by atoms with Crippen LogP contribution in [0.2, 0.25) is 0 Å². The van der Waals surface area contributed by atoms with Crippen LogP contribution in [-0.2, 0) is 19.4 Å². The smallest absolute Gasteiger partial charge is 0.341 e. The Morgan fingerprint density at radius 1 is 1.14 bits per heavy atom. The molecule has 1 aliphatic carbocycles. The number of aromatic carboxylic acids is 1. The van der Waals surface area contributed by atoms with Crippen molar-refractivity contribution in [3.8, 4) is 23.3 Å². The lowest BCUT2D eigenvalue weighted by Crippen LogP contribution is -2.25. The summed E-state index contributed by atoms with van der Waals surface area (Å²) in [6.07, 6.45) is 5.48. The van der Waals surface area contributed by atoms with Crippen molar-refractivity contribution in [2.24, 2.45) is 5.92 Å². The van der Waals surface area contributed by atoms with Crippen LogP contribution in [0.3, 0.4) is 0 Å². The van der Waals surface area contributed by atoms with Crippen molar-refractivity contribution in [3.63, 3.8) is 0 Å². The zero-order valence-corrected chi connectivity index (χ0v) is 25.1. The van der Waals surface area contributed by atoms with Crippen LogP contribution in [0, 0.1) is 17.8 Å². The number of carbonyl (C=O) groups is 1. The number of ether oxygens (including phenoxy) is 2. The molecule has 2 aromatic heterocycles. The fourth-order valence-corrected chi connectivity index (χ4v) is 5.22. The van der Waals surface area contributed by atoms with Crippen molar-refractivity contribution in [2.75, 3.05) is 25.7 Å². The molecule has 224 valence electrons. The van der Waals surface area contributed by atoms with E-state index in [2.05, 4.69) is 21.8 Å². The van der Waals surface area contributed by atoms with Gasteiger partial charge in [-0.3, -0.25) is 4.79 Å². The molecule has 5 rings (SSSR count). The van der Waals surface area contributed by atoms with Crippen molar-refractivity contribution in [2.45, 2.75) is 45.6 Å². The Balaban J connectivity index is 0.00000423. The van der Waals surface area contributed by atoms with E-state index in [-0.39, 0.29) is 23.9 Å². The lowest BCUT2D eigenvalue weighted by molar-refractivity contribution is 0.0693. The van der Waals surface area contributed by atoms with Gasteiger partial charge < -0.3 is 30.6 Å². The molecule has 0 atom stereocenters. The number of methoxy groups -OCH3 is 2. The normalized spacial score (nSPS) is 12.3. The first-order valence-electron chi connectivity index (χ1n) is 13.8. The quantitative estimate of drug-likeness (QED) is 0.235. The average Bonchev–Trinajstić information content (AvgIpc) is 3.79. The Morgan fingerprint density at radius 2 is 1.91 bits per heavy atom. The SMILES string of the molecule is CCCn1c(CC2CC2)c(C(=O)O)c(=O)c2ccc(C#Cc3cc(Cc4cnc(N)nc4N)cc(OC)c3OC)cc21.Cl. The van der Waals surface area contributed by atoms with E-state index in [1.807, 2.05) is 29.7 Å². The number of carboxylic acid groups (broad SMARTS) is 1. The van der Waals surface area contributed by atoms with Crippen molar-refractivity contribution in [1.29, 1.82) is 0 Å². The van der Waals surface area contributed by atoms with Crippen LogP contribution < -0.4 is 26.4 Å². The molecule has 0 radical (unpaired) electrons. The van der Waals surface area contributed by atoms with Gasteiger partial charge in [0.05, 0.1) is 25.3 Å². The van der Waals surface area contributed by atoms with Gasteiger partial charge in [0, 0.05) is 41.4 Å². The van der Waals surface area contributed by atoms with E-state index < -0.39 is 11.4 Å². The van der Waals surface area contributed by atoms with Crippen LogP contribution in [-0.4, -0.2) is 39.8 Å². The molecule has 1 fully saturated rings. The number of fused-ring (bicyclic) bond motifs is 1. The lowest BCUT2D eigenvalue weighted by Gasteiger charge is -2.19. The van der Waals surface area contributed by atoms with E-state index in [0.717, 1.165) is 24.8 Å². The average molecular weight is 604 g/mol. The molecule has 11 heteroatoms. The second-order valence-electron chi connectivity index (χ2n) is 10.4. The monoisotopic (exact) mass is 603 g/mol. The number of rotatable bonds is 9. The summed E-state index contributed by atoms with van der Waals surface area (Å²) in [4.78, 5) is 33.6. The largest absolute Gasteiger partial charge is 0.493 e. The number of anilines is 2. The van der Waals surface area contributed by atoms with Crippen LogP contribution in [0.25, 0.3) is 10.9 Å². The second kappa shape index (κ2) is 13.0. The minimum Gasteiger partial charge on any atom is -0.493 e. The van der Waals surface area contributed by atoms with E-state index in [0.29, 0.717) is 75.9 Å². The highest BCUT2D eigenvalue weighted by atomic mass is 35.5. The fourth-order valence-electron chi connectivity index (χ4n) is 5.22. The third kappa shape index (κ3) is 6.52. The van der Waals surface area contributed by atoms with E-state index in [1.165, 1.54) is 0 Å². The summed E-state index contributed by atoms with van der Waals surface area (Å²) in [5.74, 6) is 7.04. The van der Waals surface area contributed by atoms with Crippen LogP contribution in [0.1, 0.15) is 64.5 Å². The van der Waals surface area contributed by atoms with E-state index >= 15 is 0 Å². The first kappa shape index (κ1) is 31.2. The Hall–Kier alpha value is -4.75. The van der Waals surface area contributed by atoms with E-state index in [1.54, 1.807) is 32.5 Å². The maximum Gasteiger partial charge on any atom is 0.341 e. The van der Waals surface area contributed by atoms with Gasteiger partial charge in [-0.05, 0) is 67.5 Å². The van der Waals surface area contributed by atoms with Gasteiger partial charge in [0.2, 0.25) is 11.4 Å². The highest BCUT2D eigenvalue weighted by Gasteiger charge is 2.28. The number of halogens is 1. The van der Waals surface area contributed by atoms with Gasteiger partial charge in [0.15, 0.2) is 11.5 Å². The molecule has 43 heavy (non-hydrogen) atoms. The number of aromatic nitrogens is 3. The van der Waals surface area contributed by atoms with E-state index in [4.69, 9.17) is 20.9 Å². The number of pyridine rings is 1. The Kier molecular flexibility index (Phi) is 9.46. The van der Waals surface area contributed by atoms with Gasteiger partial charge in [-0.1, -0.05) is 18.8 Å². The molecule has 10 nitrogen and oxygen atoms in total. The first-order chi connectivity index (χ1) is 20.2. The molecule has 1 aliphatic rings. The summed E-state index contributed by atoms with van der Waals surface area (Å²) in [6.45, 7) is 2.63. The molecule has 2 aromatic carbocycles.